The van der Waals surface area contributed by atoms with Crippen LogP contribution in [0, 0.1) is 5.92 Å². The van der Waals surface area contributed by atoms with Gasteiger partial charge in [0.1, 0.15) is 0 Å². The van der Waals surface area contributed by atoms with Crippen molar-refractivity contribution in [2.24, 2.45) is 11.7 Å². The number of carbonyl (C=O) groups is 1. The molecule has 1 aromatic rings. The molecule has 3 atom stereocenters. The lowest BCUT2D eigenvalue weighted by molar-refractivity contribution is -0.137. The van der Waals surface area contributed by atoms with Crippen molar-refractivity contribution in [2.75, 3.05) is 6.54 Å². The minimum atomic E-state index is 0.128. The highest BCUT2D eigenvalue weighted by atomic mass is 35.5. The minimum absolute atomic E-state index is 0.128. The SMILES string of the molecule is NC1CCC(C(=O)N2CCCCCC2c2ccc(Cl)cc2)C1. The van der Waals surface area contributed by atoms with Gasteiger partial charge >= 0.3 is 0 Å². The van der Waals surface area contributed by atoms with E-state index in [-0.39, 0.29) is 18.0 Å². The molecule has 1 aromatic carbocycles. The third-order valence-corrected chi connectivity index (χ3v) is 5.37. The molecular weight excluding hydrogens is 296 g/mol. The zero-order valence-corrected chi connectivity index (χ0v) is 13.8. The number of nitrogens with two attached hydrogens (primary N) is 1. The van der Waals surface area contributed by atoms with Crippen LogP contribution < -0.4 is 5.73 Å². The van der Waals surface area contributed by atoms with E-state index in [9.17, 15) is 4.79 Å². The Labute approximate surface area is 137 Å². The Hall–Kier alpha value is -1.06. The van der Waals surface area contributed by atoms with E-state index in [1.165, 1.54) is 18.4 Å². The van der Waals surface area contributed by atoms with E-state index in [0.29, 0.717) is 5.91 Å². The van der Waals surface area contributed by atoms with Crippen molar-refractivity contribution in [3.8, 4) is 0 Å². The summed E-state index contributed by atoms with van der Waals surface area (Å²) in [6.07, 6.45) is 7.32. The molecule has 2 N–H and O–H groups in total. The van der Waals surface area contributed by atoms with Gasteiger partial charge in [-0.25, -0.2) is 0 Å². The van der Waals surface area contributed by atoms with Crippen molar-refractivity contribution in [1.29, 1.82) is 0 Å². The van der Waals surface area contributed by atoms with E-state index < -0.39 is 0 Å². The standard InChI is InChI=1S/C18H25ClN2O/c19-15-8-5-13(6-9-15)17-4-2-1-3-11-21(17)18(22)14-7-10-16(20)12-14/h5-6,8-9,14,16-17H,1-4,7,10-12,20H2. The fraction of sp³-hybridized carbons (Fsp3) is 0.611. The van der Waals surface area contributed by atoms with Crippen molar-refractivity contribution in [2.45, 2.75) is 57.0 Å². The Morgan fingerprint density at radius 3 is 2.55 bits per heavy atom. The molecule has 1 heterocycles. The smallest absolute Gasteiger partial charge is 0.226 e. The number of nitrogens with zero attached hydrogens (tertiary/aromatic N) is 1. The molecule has 1 saturated heterocycles. The molecule has 3 nitrogen and oxygen atoms in total. The number of rotatable bonds is 2. The molecule has 22 heavy (non-hydrogen) atoms. The number of halogens is 1. The summed E-state index contributed by atoms with van der Waals surface area (Å²) in [6.45, 7) is 0.873. The van der Waals surface area contributed by atoms with Gasteiger partial charge in [0.2, 0.25) is 5.91 Å². The summed E-state index contributed by atoms with van der Waals surface area (Å²) in [5, 5.41) is 0.747. The van der Waals surface area contributed by atoms with Crippen LogP contribution in [0.5, 0.6) is 0 Å². The molecule has 3 rings (SSSR count). The first-order chi connectivity index (χ1) is 10.6. The summed E-state index contributed by atoms with van der Waals surface area (Å²) in [5.41, 5.74) is 7.21. The summed E-state index contributed by atoms with van der Waals surface area (Å²) < 4.78 is 0. The zero-order chi connectivity index (χ0) is 15.5. The average molecular weight is 321 g/mol. The molecule has 0 spiro atoms. The van der Waals surface area contributed by atoms with Gasteiger partial charge in [0, 0.05) is 23.5 Å². The van der Waals surface area contributed by atoms with E-state index in [0.717, 1.165) is 43.7 Å². The molecule has 1 aliphatic heterocycles. The predicted molar refractivity (Wildman–Crippen MR) is 89.7 cm³/mol. The van der Waals surface area contributed by atoms with Crippen molar-refractivity contribution in [3.63, 3.8) is 0 Å². The van der Waals surface area contributed by atoms with Crippen molar-refractivity contribution < 1.29 is 4.79 Å². The molecule has 120 valence electrons. The maximum Gasteiger partial charge on any atom is 0.226 e. The third-order valence-electron chi connectivity index (χ3n) is 5.11. The minimum Gasteiger partial charge on any atom is -0.335 e. The maximum atomic E-state index is 13.0. The second-order valence-corrected chi connectivity index (χ2v) is 7.15. The molecule has 3 unspecified atom stereocenters. The van der Waals surface area contributed by atoms with Crippen LogP contribution in [0.4, 0.5) is 0 Å². The molecule has 4 heteroatoms. The lowest BCUT2D eigenvalue weighted by Gasteiger charge is -2.32. The highest BCUT2D eigenvalue weighted by molar-refractivity contribution is 6.30. The van der Waals surface area contributed by atoms with E-state index in [1.54, 1.807) is 0 Å². The van der Waals surface area contributed by atoms with Crippen LogP contribution in [-0.4, -0.2) is 23.4 Å². The first-order valence-corrected chi connectivity index (χ1v) is 8.84. The second-order valence-electron chi connectivity index (χ2n) is 6.72. The third kappa shape index (κ3) is 3.47. The number of hydrogen-bond donors (Lipinski definition) is 1. The van der Waals surface area contributed by atoms with Crippen LogP contribution in [-0.2, 0) is 4.79 Å². The van der Waals surface area contributed by atoms with E-state index in [1.807, 2.05) is 12.1 Å². The quantitative estimate of drug-likeness (QED) is 0.898. The fourth-order valence-corrected chi connectivity index (χ4v) is 4.00. The first-order valence-electron chi connectivity index (χ1n) is 8.46. The molecule has 2 fully saturated rings. The highest BCUT2D eigenvalue weighted by Gasteiger charge is 2.34. The lowest BCUT2D eigenvalue weighted by Crippen LogP contribution is -2.38. The Kier molecular flexibility index (Phi) is 5.04. The number of amides is 1. The van der Waals surface area contributed by atoms with Crippen LogP contribution in [0.3, 0.4) is 0 Å². The van der Waals surface area contributed by atoms with Gasteiger partial charge in [-0.15, -0.1) is 0 Å². The molecule has 1 aliphatic carbocycles. The summed E-state index contributed by atoms with van der Waals surface area (Å²) >= 11 is 6.01. The van der Waals surface area contributed by atoms with Crippen molar-refractivity contribution >= 4 is 17.5 Å². The van der Waals surface area contributed by atoms with Gasteiger partial charge in [-0.1, -0.05) is 36.6 Å². The molecule has 0 bridgehead atoms. The number of benzene rings is 1. The molecule has 1 amide bonds. The molecule has 1 saturated carbocycles. The van der Waals surface area contributed by atoms with Gasteiger partial charge in [0.05, 0.1) is 6.04 Å². The molecule has 2 aliphatic rings. The van der Waals surface area contributed by atoms with Crippen molar-refractivity contribution in [1.82, 2.24) is 4.90 Å². The van der Waals surface area contributed by atoms with Crippen LogP contribution in [0.2, 0.25) is 5.02 Å². The second kappa shape index (κ2) is 7.01. The lowest BCUT2D eigenvalue weighted by atomic mass is 9.98. The van der Waals surface area contributed by atoms with E-state index >= 15 is 0 Å². The van der Waals surface area contributed by atoms with Gasteiger partial charge in [-0.2, -0.15) is 0 Å². The number of likely N-dealkylation sites (tertiary alicyclic amines) is 1. The van der Waals surface area contributed by atoms with Crippen LogP contribution in [0.1, 0.15) is 56.6 Å². The maximum absolute atomic E-state index is 13.0. The van der Waals surface area contributed by atoms with Crippen LogP contribution in [0.15, 0.2) is 24.3 Å². The largest absolute Gasteiger partial charge is 0.335 e. The topological polar surface area (TPSA) is 46.3 Å². The van der Waals surface area contributed by atoms with Gasteiger partial charge < -0.3 is 10.6 Å². The summed E-state index contributed by atoms with van der Waals surface area (Å²) in [6, 6.07) is 8.39. The van der Waals surface area contributed by atoms with Gasteiger partial charge in [-0.3, -0.25) is 4.79 Å². The molecule has 0 aromatic heterocycles. The van der Waals surface area contributed by atoms with E-state index in [4.69, 9.17) is 17.3 Å². The van der Waals surface area contributed by atoms with Gasteiger partial charge in [0.15, 0.2) is 0 Å². The van der Waals surface area contributed by atoms with Crippen molar-refractivity contribution in [3.05, 3.63) is 34.9 Å². The number of hydrogen-bond acceptors (Lipinski definition) is 2. The predicted octanol–water partition coefficient (Wildman–Crippen LogP) is 3.91. The Balaban J connectivity index is 1.81. The summed E-state index contributed by atoms with van der Waals surface area (Å²) in [7, 11) is 0. The van der Waals surface area contributed by atoms with Gasteiger partial charge in [-0.05, 0) is 49.8 Å². The Morgan fingerprint density at radius 2 is 1.86 bits per heavy atom. The molecular formula is C18H25ClN2O. The van der Waals surface area contributed by atoms with Gasteiger partial charge in [0.25, 0.3) is 0 Å². The monoisotopic (exact) mass is 320 g/mol. The van der Waals surface area contributed by atoms with Crippen LogP contribution in [0.25, 0.3) is 0 Å². The fourth-order valence-electron chi connectivity index (χ4n) is 3.88. The first kappa shape index (κ1) is 15.8. The normalized spacial score (nSPS) is 29.4. The highest BCUT2D eigenvalue weighted by Crippen LogP contribution is 2.35. The molecule has 0 radical (unpaired) electrons. The average Bonchev–Trinajstić information content (AvgIpc) is 2.81. The summed E-state index contributed by atoms with van der Waals surface area (Å²) in [5.74, 6) is 0.442. The summed E-state index contributed by atoms with van der Waals surface area (Å²) in [4.78, 5) is 15.1. The van der Waals surface area contributed by atoms with Crippen LogP contribution >= 0.6 is 11.6 Å². The Bertz CT molecular complexity index is 516. The van der Waals surface area contributed by atoms with E-state index in [2.05, 4.69) is 17.0 Å². The zero-order valence-electron chi connectivity index (χ0n) is 13.0. The Morgan fingerprint density at radius 1 is 1.09 bits per heavy atom. The number of carbonyl (C=O) groups excluding carboxylic acids is 1.